The molecule has 0 radical (unpaired) electrons. The highest BCUT2D eigenvalue weighted by Crippen LogP contribution is 2.14. The summed E-state index contributed by atoms with van der Waals surface area (Å²) in [4.78, 5) is 14.0. The van der Waals surface area contributed by atoms with Crippen molar-refractivity contribution in [1.29, 1.82) is 0 Å². The predicted molar refractivity (Wildman–Crippen MR) is 116 cm³/mol. The Hall–Kier alpha value is -0.410. The second-order valence-corrected chi connectivity index (χ2v) is 8.36. The molecular weight excluding hydrogens is 320 g/mol. The molecule has 0 rings (SSSR count). The fourth-order valence-electron chi connectivity index (χ4n) is 3.41. The molecule has 0 aromatic heterocycles. The number of unbranched alkanes of at least 4 members (excludes halogenated alkanes) is 14. The number of rotatable bonds is 20. The molecule has 0 spiro atoms. The largest absolute Gasteiger partial charge is 0.321 e. The molecule has 0 fully saturated rings. The van der Waals surface area contributed by atoms with Gasteiger partial charge in [-0.1, -0.05) is 96.8 Å². The van der Waals surface area contributed by atoms with Crippen LogP contribution in [0.15, 0.2) is 0 Å². The Morgan fingerprint density at radius 1 is 0.731 bits per heavy atom. The average Bonchev–Trinajstić information content (AvgIpc) is 2.62. The number of carbonyl (C=O) groups is 1. The smallest absolute Gasteiger partial charge is 0.149 e. The molecule has 2 N–H and O–H groups in total. The van der Waals surface area contributed by atoms with Gasteiger partial charge in [-0.2, -0.15) is 0 Å². The lowest BCUT2D eigenvalue weighted by atomic mass is 10.0. The standard InChI is InChI=1S/C23H48N2O/c1-4-5-6-7-8-9-10-11-12-13-14-15-16-17-18-19-23(26)22(24)20-21-25(2)3/h22H,4-21,24H2,1-3H3. The molecule has 0 aromatic carbocycles. The molecule has 0 bridgehead atoms. The van der Waals surface area contributed by atoms with Crippen LogP contribution in [0, 0.1) is 0 Å². The summed E-state index contributed by atoms with van der Waals surface area (Å²) in [6.07, 6.45) is 21.8. The van der Waals surface area contributed by atoms with Gasteiger partial charge in [0.1, 0.15) is 5.78 Å². The summed E-state index contributed by atoms with van der Waals surface area (Å²) >= 11 is 0. The molecule has 3 heteroatoms. The van der Waals surface area contributed by atoms with Crippen LogP contribution in [0.25, 0.3) is 0 Å². The van der Waals surface area contributed by atoms with Gasteiger partial charge < -0.3 is 10.6 Å². The predicted octanol–water partition coefficient (Wildman–Crippen LogP) is 6.10. The molecule has 0 saturated carbocycles. The van der Waals surface area contributed by atoms with E-state index in [9.17, 15) is 4.79 Å². The summed E-state index contributed by atoms with van der Waals surface area (Å²) in [5.74, 6) is 0.251. The van der Waals surface area contributed by atoms with Gasteiger partial charge in [0.15, 0.2) is 0 Å². The SMILES string of the molecule is CCCCCCCCCCCCCCCCCC(=O)C(N)CCN(C)C. The van der Waals surface area contributed by atoms with E-state index in [0.717, 1.165) is 19.4 Å². The van der Waals surface area contributed by atoms with Crippen molar-refractivity contribution in [2.24, 2.45) is 5.73 Å². The third-order valence-electron chi connectivity index (χ3n) is 5.33. The van der Waals surface area contributed by atoms with Crippen LogP contribution < -0.4 is 5.73 Å². The van der Waals surface area contributed by atoms with Gasteiger partial charge in [-0.15, -0.1) is 0 Å². The van der Waals surface area contributed by atoms with E-state index in [2.05, 4.69) is 11.8 Å². The Kier molecular flexibility index (Phi) is 19.0. The van der Waals surface area contributed by atoms with E-state index >= 15 is 0 Å². The van der Waals surface area contributed by atoms with Gasteiger partial charge in [-0.3, -0.25) is 4.79 Å². The van der Waals surface area contributed by atoms with Crippen molar-refractivity contribution < 1.29 is 4.79 Å². The monoisotopic (exact) mass is 368 g/mol. The van der Waals surface area contributed by atoms with Gasteiger partial charge >= 0.3 is 0 Å². The van der Waals surface area contributed by atoms with E-state index in [1.54, 1.807) is 0 Å². The van der Waals surface area contributed by atoms with Crippen LogP contribution in [0.3, 0.4) is 0 Å². The quantitative estimate of drug-likeness (QED) is 0.264. The second-order valence-electron chi connectivity index (χ2n) is 8.36. The number of nitrogens with zero attached hydrogens (tertiary/aromatic N) is 1. The highest BCUT2D eigenvalue weighted by atomic mass is 16.1. The van der Waals surface area contributed by atoms with Crippen LogP contribution >= 0.6 is 0 Å². The summed E-state index contributed by atoms with van der Waals surface area (Å²) in [5, 5.41) is 0. The van der Waals surface area contributed by atoms with Crippen molar-refractivity contribution in [2.45, 2.75) is 122 Å². The minimum absolute atomic E-state index is 0.251. The first-order valence-electron chi connectivity index (χ1n) is 11.5. The topological polar surface area (TPSA) is 46.3 Å². The molecular formula is C23H48N2O. The Labute approximate surface area is 164 Å². The number of nitrogens with two attached hydrogens (primary N) is 1. The van der Waals surface area contributed by atoms with Gasteiger partial charge in [0.25, 0.3) is 0 Å². The molecule has 0 aliphatic carbocycles. The zero-order valence-corrected chi connectivity index (χ0v) is 18.2. The van der Waals surface area contributed by atoms with Crippen molar-refractivity contribution in [3.8, 4) is 0 Å². The highest BCUT2D eigenvalue weighted by Gasteiger charge is 2.12. The molecule has 156 valence electrons. The lowest BCUT2D eigenvalue weighted by molar-refractivity contribution is -0.120. The molecule has 3 nitrogen and oxygen atoms in total. The molecule has 26 heavy (non-hydrogen) atoms. The average molecular weight is 369 g/mol. The van der Waals surface area contributed by atoms with Crippen molar-refractivity contribution in [2.75, 3.05) is 20.6 Å². The van der Waals surface area contributed by atoms with Gasteiger partial charge in [0, 0.05) is 6.42 Å². The summed E-state index contributed by atoms with van der Waals surface area (Å²) in [5.41, 5.74) is 5.95. The maximum Gasteiger partial charge on any atom is 0.149 e. The number of ketones is 1. The van der Waals surface area contributed by atoms with E-state index in [1.165, 1.54) is 89.9 Å². The first kappa shape index (κ1) is 25.6. The zero-order valence-electron chi connectivity index (χ0n) is 18.2. The maximum atomic E-state index is 11.9. The molecule has 1 atom stereocenters. The summed E-state index contributed by atoms with van der Waals surface area (Å²) in [7, 11) is 4.04. The minimum atomic E-state index is -0.260. The van der Waals surface area contributed by atoms with Crippen LogP contribution in [0.4, 0.5) is 0 Å². The van der Waals surface area contributed by atoms with Crippen LogP contribution in [-0.2, 0) is 4.79 Å². The Bertz CT molecular complexity index is 305. The van der Waals surface area contributed by atoms with Crippen molar-refractivity contribution in [3.05, 3.63) is 0 Å². The van der Waals surface area contributed by atoms with E-state index in [1.807, 2.05) is 14.1 Å². The number of hydrogen-bond acceptors (Lipinski definition) is 3. The zero-order chi connectivity index (χ0) is 19.5. The van der Waals surface area contributed by atoms with Gasteiger partial charge in [-0.25, -0.2) is 0 Å². The summed E-state index contributed by atoms with van der Waals surface area (Å²) < 4.78 is 0. The first-order valence-corrected chi connectivity index (χ1v) is 11.5. The van der Waals surface area contributed by atoms with E-state index < -0.39 is 0 Å². The fraction of sp³-hybridized carbons (Fsp3) is 0.957. The third kappa shape index (κ3) is 18.4. The van der Waals surface area contributed by atoms with Crippen LogP contribution in [-0.4, -0.2) is 37.4 Å². The lowest BCUT2D eigenvalue weighted by Crippen LogP contribution is -2.33. The van der Waals surface area contributed by atoms with E-state index in [-0.39, 0.29) is 11.8 Å². The van der Waals surface area contributed by atoms with Crippen LogP contribution in [0.1, 0.15) is 116 Å². The number of hydrogen-bond donors (Lipinski definition) is 1. The number of carbonyl (C=O) groups excluding carboxylic acids is 1. The van der Waals surface area contributed by atoms with Crippen molar-refractivity contribution in [1.82, 2.24) is 4.90 Å². The number of Topliss-reactive ketones (excluding diaryl/α,β-unsaturated/α-hetero) is 1. The summed E-state index contributed by atoms with van der Waals surface area (Å²) in [6.45, 7) is 3.17. The van der Waals surface area contributed by atoms with Gasteiger partial charge in [0.2, 0.25) is 0 Å². The Morgan fingerprint density at radius 2 is 1.12 bits per heavy atom. The van der Waals surface area contributed by atoms with Crippen molar-refractivity contribution in [3.63, 3.8) is 0 Å². The molecule has 0 aliphatic heterocycles. The van der Waals surface area contributed by atoms with Gasteiger partial charge in [0.05, 0.1) is 6.04 Å². The molecule has 0 saturated heterocycles. The fourth-order valence-corrected chi connectivity index (χ4v) is 3.41. The molecule has 0 aliphatic rings. The van der Waals surface area contributed by atoms with Crippen LogP contribution in [0.5, 0.6) is 0 Å². The van der Waals surface area contributed by atoms with Crippen LogP contribution in [0.2, 0.25) is 0 Å². The minimum Gasteiger partial charge on any atom is -0.321 e. The molecule has 1 unspecified atom stereocenters. The summed E-state index contributed by atoms with van der Waals surface area (Å²) in [6, 6.07) is -0.260. The van der Waals surface area contributed by atoms with Crippen molar-refractivity contribution >= 4 is 5.78 Å². The van der Waals surface area contributed by atoms with E-state index in [0.29, 0.717) is 6.42 Å². The maximum absolute atomic E-state index is 11.9. The molecule has 0 heterocycles. The second kappa shape index (κ2) is 19.4. The normalized spacial score (nSPS) is 12.7. The van der Waals surface area contributed by atoms with E-state index in [4.69, 9.17) is 5.73 Å². The van der Waals surface area contributed by atoms with Gasteiger partial charge in [-0.05, 0) is 33.5 Å². The Morgan fingerprint density at radius 3 is 1.50 bits per heavy atom. The lowest BCUT2D eigenvalue weighted by Gasteiger charge is -2.14. The molecule has 0 aromatic rings. The third-order valence-corrected chi connectivity index (χ3v) is 5.33. The highest BCUT2D eigenvalue weighted by molar-refractivity contribution is 5.83. The Balaban J connectivity index is 3.23. The molecule has 0 amide bonds. The first-order chi connectivity index (χ1) is 12.6.